The van der Waals surface area contributed by atoms with Crippen molar-refractivity contribution < 1.29 is 0 Å². The van der Waals surface area contributed by atoms with Crippen LogP contribution in [0.15, 0.2) is 0 Å². The topological polar surface area (TPSA) is 15.3 Å². The van der Waals surface area contributed by atoms with Crippen molar-refractivity contribution in [3.63, 3.8) is 0 Å². The van der Waals surface area contributed by atoms with E-state index in [2.05, 4.69) is 24.1 Å². The number of nitrogens with zero attached hydrogens (tertiary/aromatic N) is 1. The number of nitrogens with one attached hydrogen (secondary N) is 1. The second kappa shape index (κ2) is 5.31. The fourth-order valence-electron chi connectivity index (χ4n) is 3.42. The van der Waals surface area contributed by atoms with Crippen LogP contribution in [0, 0.1) is 11.8 Å². The third-order valence-electron chi connectivity index (χ3n) is 4.51. The summed E-state index contributed by atoms with van der Waals surface area (Å²) in [6.45, 7) is 9.79. The van der Waals surface area contributed by atoms with Crippen molar-refractivity contribution in [1.82, 2.24) is 10.2 Å². The van der Waals surface area contributed by atoms with Crippen molar-refractivity contribution in [3.8, 4) is 0 Å². The molecule has 2 aliphatic heterocycles. The molecule has 2 aliphatic rings. The zero-order valence-corrected chi connectivity index (χ0v) is 10.3. The predicted molar refractivity (Wildman–Crippen MR) is 65.0 cm³/mol. The van der Waals surface area contributed by atoms with Crippen LogP contribution in [0.25, 0.3) is 0 Å². The Bertz CT molecular complexity index is 185. The van der Waals surface area contributed by atoms with Gasteiger partial charge in [-0.3, -0.25) is 0 Å². The van der Waals surface area contributed by atoms with Gasteiger partial charge in [0.05, 0.1) is 0 Å². The first kappa shape index (κ1) is 11.4. The first-order valence-corrected chi connectivity index (χ1v) is 6.80. The summed E-state index contributed by atoms with van der Waals surface area (Å²) in [6, 6.07) is 0.842. The molecule has 1 N–H and O–H groups in total. The second-order valence-electron chi connectivity index (χ2n) is 5.21. The van der Waals surface area contributed by atoms with Crippen LogP contribution in [0.1, 0.15) is 39.5 Å². The zero-order chi connectivity index (χ0) is 10.7. The second-order valence-corrected chi connectivity index (χ2v) is 5.21. The fraction of sp³-hybridized carbons (Fsp3) is 1.00. The zero-order valence-electron chi connectivity index (χ0n) is 10.3. The van der Waals surface area contributed by atoms with Crippen LogP contribution < -0.4 is 5.32 Å². The van der Waals surface area contributed by atoms with Crippen LogP contribution in [-0.2, 0) is 0 Å². The third kappa shape index (κ3) is 2.54. The minimum Gasteiger partial charge on any atom is -0.313 e. The van der Waals surface area contributed by atoms with E-state index in [1.165, 1.54) is 51.9 Å². The van der Waals surface area contributed by atoms with E-state index in [0.717, 1.165) is 17.9 Å². The Labute approximate surface area is 94.4 Å². The molecule has 2 atom stereocenters. The molecule has 0 aromatic rings. The maximum absolute atomic E-state index is 3.74. The van der Waals surface area contributed by atoms with Crippen LogP contribution in [0.2, 0.25) is 0 Å². The summed E-state index contributed by atoms with van der Waals surface area (Å²) < 4.78 is 0. The van der Waals surface area contributed by atoms with Crippen molar-refractivity contribution in [1.29, 1.82) is 0 Å². The van der Waals surface area contributed by atoms with Crippen molar-refractivity contribution in [3.05, 3.63) is 0 Å². The molecular weight excluding hydrogens is 184 g/mol. The van der Waals surface area contributed by atoms with Crippen molar-refractivity contribution >= 4 is 0 Å². The number of piperidine rings is 1. The fourth-order valence-corrected chi connectivity index (χ4v) is 3.42. The Hall–Kier alpha value is -0.0800. The minimum absolute atomic E-state index is 0.842. The Morgan fingerprint density at radius 2 is 1.87 bits per heavy atom. The predicted octanol–water partition coefficient (Wildman–Crippen LogP) is 2.11. The molecule has 15 heavy (non-hydrogen) atoms. The molecule has 2 saturated heterocycles. The summed E-state index contributed by atoms with van der Waals surface area (Å²) >= 11 is 0. The monoisotopic (exact) mass is 210 g/mol. The number of hydrogen-bond donors (Lipinski definition) is 1. The maximum atomic E-state index is 3.74. The van der Waals surface area contributed by atoms with Gasteiger partial charge in [-0.15, -0.1) is 0 Å². The molecule has 2 heteroatoms. The molecule has 2 unspecified atom stereocenters. The number of rotatable bonds is 3. The van der Waals surface area contributed by atoms with Gasteiger partial charge in [0.15, 0.2) is 0 Å². The first-order chi connectivity index (χ1) is 7.35. The highest BCUT2D eigenvalue weighted by atomic mass is 15.1. The lowest BCUT2D eigenvalue weighted by atomic mass is 9.82. The molecule has 0 bridgehead atoms. The Balaban J connectivity index is 1.84. The van der Waals surface area contributed by atoms with Gasteiger partial charge in [-0.2, -0.15) is 0 Å². The van der Waals surface area contributed by atoms with Crippen LogP contribution in [-0.4, -0.2) is 37.1 Å². The smallest absolute Gasteiger partial charge is 0.0125 e. The van der Waals surface area contributed by atoms with Crippen LogP contribution in [0.5, 0.6) is 0 Å². The highest BCUT2D eigenvalue weighted by molar-refractivity contribution is 4.90. The van der Waals surface area contributed by atoms with E-state index in [1.54, 1.807) is 0 Å². The summed E-state index contributed by atoms with van der Waals surface area (Å²) in [4.78, 5) is 2.59. The third-order valence-corrected chi connectivity index (χ3v) is 4.51. The van der Waals surface area contributed by atoms with E-state index in [-0.39, 0.29) is 0 Å². The van der Waals surface area contributed by atoms with Gasteiger partial charge in [-0.1, -0.05) is 20.3 Å². The molecule has 88 valence electrons. The van der Waals surface area contributed by atoms with Crippen LogP contribution in [0.4, 0.5) is 0 Å². The average Bonchev–Trinajstić information content (AvgIpc) is 2.77. The molecule has 0 amide bonds. The lowest BCUT2D eigenvalue weighted by Gasteiger charge is -2.36. The standard InChI is InChI=1S/C13H26N2/c1-3-11-5-8-14-13(11)12-6-9-15(4-2)10-7-12/h11-14H,3-10H2,1-2H3. The molecule has 0 aromatic carbocycles. The highest BCUT2D eigenvalue weighted by Gasteiger charge is 2.33. The molecule has 0 aliphatic carbocycles. The minimum atomic E-state index is 0.842. The normalized spacial score (nSPS) is 34.8. The molecule has 2 rings (SSSR count). The molecular formula is C13H26N2. The molecule has 0 radical (unpaired) electrons. The van der Waals surface area contributed by atoms with Gasteiger partial charge in [-0.05, 0) is 57.3 Å². The Morgan fingerprint density at radius 3 is 2.47 bits per heavy atom. The van der Waals surface area contributed by atoms with Gasteiger partial charge in [-0.25, -0.2) is 0 Å². The summed E-state index contributed by atoms with van der Waals surface area (Å²) in [5, 5.41) is 3.74. The van der Waals surface area contributed by atoms with Crippen molar-refractivity contribution in [2.24, 2.45) is 11.8 Å². The first-order valence-electron chi connectivity index (χ1n) is 6.80. The van der Waals surface area contributed by atoms with Gasteiger partial charge in [0.25, 0.3) is 0 Å². The van der Waals surface area contributed by atoms with E-state index in [1.807, 2.05) is 0 Å². The molecule has 2 nitrogen and oxygen atoms in total. The summed E-state index contributed by atoms with van der Waals surface area (Å²) in [6.07, 6.45) is 5.62. The SMILES string of the molecule is CCC1CCNC1C1CCN(CC)CC1. The van der Waals surface area contributed by atoms with Gasteiger partial charge < -0.3 is 10.2 Å². The van der Waals surface area contributed by atoms with Gasteiger partial charge in [0.1, 0.15) is 0 Å². The molecule has 0 spiro atoms. The highest BCUT2D eigenvalue weighted by Crippen LogP contribution is 2.30. The maximum Gasteiger partial charge on any atom is 0.0125 e. The van der Waals surface area contributed by atoms with Crippen molar-refractivity contribution in [2.45, 2.75) is 45.6 Å². The largest absolute Gasteiger partial charge is 0.313 e. The van der Waals surface area contributed by atoms with Crippen molar-refractivity contribution in [2.75, 3.05) is 26.2 Å². The molecule has 0 aromatic heterocycles. The lowest BCUT2D eigenvalue weighted by molar-refractivity contribution is 0.154. The summed E-state index contributed by atoms with van der Waals surface area (Å²) in [7, 11) is 0. The van der Waals surface area contributed by atoms with Crippen LogP contribution in [0.3, 0.4) is 0 Å². The quantitative estimate of drug-likeness (QED) is 0.767. The lowest BCUT2D eigenvalue weighted by Crippen LogP contribution is -2.43. The van der Waals surface area contributed by atoms with Gasteiger partial charge >= 0.3 is 0 Å². The average molecular weight is 210 g/mol. The molecule has 2 fully saturated rings. The summed E-state index contributed by atoms with van der Waals surface area (Å²) in [5.41, 5.74) is 0. The van der Waals surface area contributed by atoms with Crippen LogP contribution >= 0.6 is 0 Å². The number of hydrogen-bond acceptors (Lipinski definition) is 2. The van der Waals surface area contributed by atoms with E-state index < -0.39 is 0 Å². The molecule has 0 saturated carbocycles. The Morgan fingerprint density at radius 1 is 1.13 bits per heavy atom. The Kier molecular flexibility index (Phi) is 4.04. The summed E-state index contributed by atoms with van der Waals surface area (Å²) in [5.74, 6) is 1.92. The van der Waals surface area contributed by atoms with Gasteiger partial charge in [0, 0.05) is 6.04 Å². The van der Waals surface area contributed by atoms with E-state index in [9.17, 15) is 0 Å². The van der Waals surface area contributed by atoms with E-state index in [0.29, 0.717) is 0 Å². The van der Waals surface area contributed by atoms with E-state index in [4.69, 9.17) is 0 Å². The molecule has 2 heterocycles. The van der Waals surface area contributed by atoms with Gasteiger partial charge in [0.2, 0.25) is 0 Å². The van der Waals surface area contributed by atoms with E-state index >= 15 is 0 Å². The number of likely N-dealkylation sites (tertiary alicyclic amines) is 1.